The van der Waals surface area contributed by atoms with E-state index in [1.54, 1.807) is 0 Å². The molecule has 2 N–H and O–H groups in total. The molecule has 0 aliphatic carbocycles. The summed E-state index contributed by atoms with van der Waals surface area (Å²) in [7, 11) is -2.33. The fourth-order valence-corrected chi connectivity index (χ4v) is 3.31. The summed E-state index contributed by atoms with van der Waals surface area (Å²) in [6, 6.07) is 13.9. The van der Waals surface area contributed by atoms with Crippen molar-refractivity contribution in [1.29, 1.82) is 0 Å². The first-order chi connectivity index (χ1) is 11.7. The number of carbonyl (C=O) groups excluding carboxylic acids is 1. The highest BCUT2D eigenvalue weighted by atomic mass is 35.5. The van der Waals surface area contributed by atoms with E-state index in [1.165, 1.54) is 25.2 Å². The van der Waals surface area contributed by atoms with Crippen molar-refractivity contribution in [3.63, 3.8) is 0 Å². The normalized spacial score (nSPS) is 12.0. The van der Waals surface area contributed by atoms with Crippen LogP contribution in [-0.2, 0) is 15.4 Å². The number of halogens is 1. The minimum absolute atomic E-state index is 0.00753. The number of carbonyl (C=O) groups is 1. The zero-order valence-corrected chi connectivity index (χ0v) is 15.9. The van der Waals surface area contributed by atoms with Gasteiger partial charge in [-0.1, -0.05) is 55.8 Å². The third kappa shape index (κ3) is 4.60. The van der Waals surface area contributed by atoms with E-state index in [0.29, 0.717) is 6.54 Å². The van der Waals surface area contributed by atoms with Crippen LogP contribution in [0.1, 0.15) is 29.8 Å². The first-order valence-corrected chi connectivity index (χ1v) is 9.60. The second-order valence-electron chi connectivity index (χ2n) is 6.28. The van der Waals surface area contributed by atoms with Crippen molar-refractivity contribution in [2.24, 2.45) is 0 Å². The first kappa shape index (κ1) is 19.4. The van der Waals surface area contributed by atoms with E-state index in [-0.39, 0.29) is 20.9 Å². The van der Waals surface area contributed by atoms with E-state index in [2.05, 4.69) is 10.0 Å². The van der Waals surface area contributed by atoms with Gasteiger partial charge in [-0.15, -0.1) is 0 Å². The third-order valence-corrected chi connectivity index (χ3v) is 5.75. The van der Waals surface area contributed by atoms with Crippen LogP contribution < -0.4 is 10.0 Å². The maximum absolute atomic E-state index is 12.5. The SMILES string of the molecule is CNS(=O)(=O)c1ccc(Cl)c(C(=O)NCC(C)(C)c2ccccc2)c1. The Bertz CT molecular complexity index is 865. The summed E-state index contributed by atoms with van der Waals surface area (Å²) in [6.45, 7) is 4.42. The van der Waals surface area contributed by atoms with Crippen molar-refractivity contribution in [3.8, 4) is 0 Å². The van der Waals surface area contributed by atoms with Crippen LogP contribution in [0.25, 0.3) is 0 Å². The molecule has 2 rings (SSSR count). The molecule has 0 fully saturated rings. The van der Waals surface area contributed by atoms with Gasteiger partial charge in [0, 0.05) is 12.0 Å². The number of hydrogen-bond donors (Lipinski definition) is 2. The molecule has 2 aromatic carbocycles. The Morgan fingerprint density at radius 1 is 1.12 bits per heavy atom. The van der Waals surface area contributed by atoms with Crippen LogP contribution in [0.4, 0.5) is 0 Å². The molecule has 0 saturated carbocycles. The lowest BCUT2D eigenvalue weighted by molar-refractivity contribution is 0.0945. The molecular formula is C18H21ClN2O3S. The van der Waals surface area contributed by atoms with Gasteiger partial charge in [0.25, 0.3) is 5.91 Å². The van der Waals surface area contributed by atoms with Crippen LogP contribution in [0.5, 0.6) is 0 Å². The molecule has 0 heterocycles. The van der Waals surface area contributed by atoms with Gasteiger partial charge in [-0.25, -0.2) is 13.1 Å². The quantitative estimate of drug-likeness (QED) is 0.809. The minimum Gasteiger partial charge on any atom is -0.351 e. The van der Waals surface area contributed by atoms with Crippen molar-refractivity contribution in [1.82, 2.24) is 10.0 Å². The fourth-order valence-electron chi connectivity index (χ4n) is 2.35. The summed E-state index contributed by atoms with van der Waals surface area (Å²) < 4.78 is 26.0. The molecule has 0 spiro atoms. The number of benzene rings is 2. The van der Waals surface area contributed by atoms with Gasteiger partial charge in [-0.05, 0) is 30.8 Å². The Balaban J connectivity index is 2.20. The predicted octanol–water partition coefficient (Wildman–Crippen LogP) is 2.96. The number of rotatable bonds is 6. The molecule has 134 valence electrons. The summed E-state index contributed by atoms with van der Waals surface area (Å²) in [6.07, 6.45) is 0. The lowest BCUT2D eigenvalue weighted by Crippen LogP contribution is -2.36. The van der Waals surface area contributed by atoms with E-state index in [1.807, 2.05) is 44.2 Å². The standard InChI is InChI=1S/C18H21ClN2O3S/c1-18(2,13-7-5-4-6-8-13)12-21-17(22)15-11-14(9-10-16(15)19)25(23,24)20-3/h4-11,20H,12H2,1-3H3,(H,21,22). The molecule has 0 aliphatic rings. The fraction of sp³-hybridized carbons (Fsp3) is 0.278. The Morgan fingerprint density at radius 2 is 1.76 bits per heavy atom. The Hall–Kier alpha value is -1.89. The number of hydrogen-bond acceptors (Lipinski definition) is 3. The van der Waals surface area contributed by atoms with Crippen LogP contribution in [0.15, 0.2) is 53.4 Å². The molecule has 0 radical (unpaired) electrons. The van der Waals surface area contributed by atoms with Gasteiger partial charge in [0.1, 0.15) is 0 Å². The minimum atomic E-state index is -3.65. The predicted molar refractivity (Wildman–Crippen MR) is 99.5 cm³/mol. The van der Waals surface area contributed by atoms with Crippen LogP contribution in [0, 0.1) is 0 Å². The molecule has 0 atom stereocenters. The topological polar surface area (TPSA) is 75.3 Å². The largest absolute Gasteiger partial charge is 0.351 e. The molecule has 0 aliphatic heterocycles. The van der Waals surface area contributed by atoms with Crippen molar-refractivity contribution >= 4 is 27.5 Å². The molecule has 0 bridgehead atoms. The van der Waals surface area contributed by atoms with Crippen LogP contribution in [-0.4, -0.2) is 27.9 Å². The summed E-state index contributed by atoms with van der Waals surface area (Å²) in [5.41, 5.74) is 0.938. The van der Waals surface area contributed by atoms with E-state index >= 15 is 0 Å². The van der Waals surface area contributed by atoms with Crippen molar-refractivity contribution < 1.29 is 13.2 Å². The molecule has 25 heavy (non-hydrogen) atoms. The highest BCUT2D eigenvalue weighted by molar-refractivity contribution is 7.89. The van der Waals surface area contributed by atoms with E-state index in [9.17, 15) is 13.2 Å². The molecule has 0 saturated heterocycles. The highest BCUT2D eigenvalue weighted by Gasteiger charge is 2.23. The molecule has 2 aromatic rings. The molecular weight excluding hydrogens is 360 g/mol. The average molecular weight is 381 g/mol. The highest BCUT2D eigenvalue weighted by Crippen LogP contribution is 2.23. The first-order valence-electron chi connectivity index (χ1n) is 7.74. The number of nitrogens with one attached hydrogen (secondary N) is 2. The number of sulfonamides is 1. The Kier molecular flexibility index (Phi) is 5.87. The van der Waals surface area contributed by atoms with Crippen LogP contribution >= 0.6 is 11.6 Å². The maximum Gasteiger partial charge on any atom is 0.252 e. The van der Waals surface area contributed by atoms with Gasteiger partial charge in [-0.3, -0.25) is 4.79 Å². The van der Waals surface area contributed by atoms with Crippen LogP contribution in [0.3, 0.4) is 0 Å². The van der Waals surface area contributed by atoms with Crippen LogP contribution in [0.2, 0.25) is 5.02 Å². The smallest absolute Gasteiger partial charge is 0.252 e. The molecule has 0 unspecified atom stereocenters. The summed E-state index contributed by atoms with van der Waals surface area (Å²) >= 11 is 6.08. The summed E-state index contributed by atoms with van der Waals surface area (Å²) in [5, 5.41) is 3.04. The van der Waals surface area contributed by atoms with E-state index < -0.39 is 15.9 Å². The zero-order valence-electron chi connectivity index (χ0n) is 14.3. The summed E-state index contributed by atoms with van der Waals surface area (Å²) in [5.74, 6) is -0.415. The number of amides is 1. The molecule has 1 amide bonds. The van der Waals surface area contributed by atoms with Gasteiger partial charge in [0.2, 0.25) is 10.0 Å². The van der Waals surface area contributed by atoms with Crippen molar-refractivity contribution in [2.45, 2.75) is 24.2 Å². The summed E-state index contributed by atoms with van der Waals surface area (Å²) in [4.78, 5) is 12.5. The van der Waals surface area contributed by atoms with E-state index in [0.717, 1.165) is 5.56 Å². The van der Waals surface area contributed by atoms with E-state index in [4.69, 9.17) is 11.6 Å². The second-order valence-corrected chi connectivity index (χ2v) is 8.58. The van der Waals surface area contributed by atoms with Gasteiger partial charge >= 0.3 is 0 Å². The zero-order chi connectivity index (χ0) is 18.7. The molecule has 5 nitrogen and oxygen atoms in total. The third-order valence-electron chi connectivity index (χ3n) is 4.01. The Morgan fingerprint density at radius 3 is 2.36 bits per heavy atom. The van der Waals surface area contributed by atoms with Gasteiger partial charge in [0.05, 0.1) is 15.5 Å². The Labute approximate surface area is 153 Å². The average Bonchev–Trinajstić information content (AvgIpc) is 2.60. The molecule has 7 heteroatoms. The molecule has 0 aromatic heterocycles. The van der Waals surface area contributed by atoms with Gasteiger partial charge in [-0.2, -0.15) is 0 Å². The van der Waals surface area contributed by atoms with Gasteiger partial charge < -0.3 is 5.32 Å². The lowest BCUT2D eigenvalue weighted by Gasteiger charge is -2.25. The van der Waals surface area contributed by atoms with Crippen molar-refractivity contribution in [2.75, 3.05) is 13.6 Å². The van der Waals surface area contributed by atoms with Gasteiger partial charge in [0.15, 0.2) is 0 Å². The monoisotopic (exact) mass is 380 g/mol. The second kappa shape index (κ2) is 7.56. The lowest BCUT2D eigenvalue weighted by atomic mass is 9.84. The van der Waals surface area contributed by atoms with Crippen molar-refractivity contribution in [3.05, 3.63) is 64.7 Å². The maximum atomic E-state index is 12.5.